The zero-order valence-electron chi connectivity index (χ0n) is 11.4. The van der Waals surface area contributed by atoms with E-state index in [2.05, 4.69) is 39.6 Å². The SMILES string of the molecule is NNC(Cc1cc(Br)ccc1F)C1Cc2ccccc2S1. The molecule has 2 aromatic carbocycles. The topological polar surface area (TPSA) is 38.0 Å². The van der Waals surface area contributed by atoms with Crippen LogP contribution >= 0.6 is 27.7 Å². The van der Waals surface area contributed by atoms with Gasteiger partial charge < -0.3 is 0 Å². The molecular formula is C16H16BrFN2S. The van der Waals surface area contributed by atoms with Crippen molar-refractivity contribution in [3.63, 3.8) is 0 Å². The fraction of sp³-hybridized carbons (Fsp3) is 0.250. The first kappa shape index (κ1) is 15.0. The van der Waals surface area contributed by atoms with E-state index in [1.54, 1.807) is 6.07 Å². The van der Waals surface area contributed by atoms with Crippen molar-refractivity contribution < 1.29 is 4.39 Å². The largest absolute Gasteiger partial charge is 0.271 e. The van der Waals surface area contributed by atoms with Crippen LogP contribution in [0.2, 0.25) is 0 Å². The van der Waals surface area contributed by atoms with Gasteiger partial charge >= 0.3 is 0 Å². The molecule has 110 valence electrons. The summed E-state index contributed by atoms with van der Waals surface area (Å²) in [5.74, 6) is 5.54. The molecule has 0 aliphatic carbocycles. The molecule has 3 N–H and O–H groups in total. The van der Waals surface area contributed by atoms with Crippen LogP contribution < -0.4 is 11.3 Å². The van der Waals surface area contributed by atoms with Gasteiger partial charge in [0, 0.05) is 20.7 Å². The normalized spacial score (nSPS) is 18.5. The van der Waals surface area contributed by atoms with Gasteiger partial charge in [0.25, 0.3) is 0 Å². The smallest absolute Gasteiger partial charge is 0.126 e. The van der Waals surface area contributed by atoms with E-state index in [0.717, 1.165) is 10.9 Å². The molecule has 2 unspecified atom stereocenters. The molecule has 2 aromatic rings. The standard InChI is InChI=1S/C16H16BrFN2S/c17-12-5-6-13(18)11(7-12)8-14(20-19)16-9-10-3-1-2-4-15(10)21-16/h1-7,14,16,20H,8-9,19H2. The minimum atomic E-state index is -0.182. The van der Waals surface area contributed by atoms with Crippen LogP contribution in [0.15, 0.2) is 51.8 Å². The summed E-state index contributed by atoms with van der Waals surface area (Å²) in [4.78, 5) is 1.30. The van der Waals surface area contributed by atoms with E-state index in [4.69, 9.17) is 5.84 Å². The van der Waals surface area contributed by atoms with E-state index in [0.29, 0.717) is 17.2 Å². The Hall–Kier alpha value is -0.880. The predicted molar refractivity (Wildman–Crippen MR) is 88.7 cm³/mol. The molecule has 0 radical (unpaired) electrons. The number of nitrogens with two attached hydrogens (primary N) is 1. The Morgan fingerprint density at radius 1 is 1.33 bits per heavy atom. The molecule has 1 heterocycles. The Morgan fingerprint density at radius 2 is 2.14 bits per heavy atom. The summed E-state index contributed by atoms with van der Waals surface area (Å²) in [6, 6.07) is 13.4. The third kappa shape index (κ3) is 3.31. The number of nitrogens with one attached hydrogen (secondary N) is 1. The van der Waals surface area contributed by atoms with Crippen LogP contribution in [0.25, 0.3) is 0 Å². The number of rotatable bonds is 4. The van der Waals surface area contributed by atoms with E-state index in [1.165, 1.54) is 16.5 Å². The summed E-state index contributed by atoms with van der Waals surface area (Å²) in [5.41, 5.74) is 4.90. The van der Waals surface area contributed by atoms with Crippen molar-refractivity contribution in [3.05, 3.63) is 63.9 Å². The Kier molecular flexibility index (Phi) is 4.64. The van der Waals surface area contributed by atoms with Gasteiger partial charge in [-0.1, -0.05) is 34.1 Å². The average molecular weight is 367 g/mol. The molecular weight excluding hydrogens is 351 g/mol. The lowest BCUT2D eigenvalue weighted by atomic mass is 9.99. The third-order valence-corrected chi connectivity index (χ3v) is 5.73. The number of hydrogen-bond donors (Lipinski definition) is 2. The molecule has 1 aliphatic rings. The van der Waals surface area contributed by atoms with Crippen molar-refractivity contribution >= 4 is 27.7 Å². The molecule has 21 heavy (non-hydrogen) atoms. The molecule has 0 amide bonds. The van der Waals surface area contributed by atoms with Gasteiger partial charge in [-0.25, -0.2) is 4.39 Å². The van der Waals surface area contributed by atoms with Crippen molar-refractivity contribution in [2.45, 2.75) is 29.0 Å². The van der Waals surface area contributed by atoms with Crippen LogP contribution in [0, 0.1) is 5.82 Å². The van der Waals surface area contributed by atoms with Crippen molar-refractivity contribution in [2.24, 2.45) is 5.84 Å². The second-order valence-corrected chi connectivity index (χ2v) is 7.38. The van der Waals surface area contributed by atoms with Gasteiger partial charge in [0.2, 0.25) is 0 Å². The van der Waals surface area contributed by atoms with Gasteiger partial charge in [-0.2, -0.15) is 0 Å². The van der Waals surface area contributed by atoms with Gasteiger partial charge in [0.05, 0.1) is 0 Å². The van der Waals surface area contributed by atoms with Gasteiger partial charge in [0.15, 0.2) is 0 Å². The molecule has 3 rings (SSSR count). The Bertz CT molecular complexity index is 625. The first-order valence-corrected chi connectivity index (χ1v) is 8.49. The maximum Gasteiger partial charge on any atom is 0.126 e. The van der Waals surface area contributed by atoms with E-state index < -0.39 is 0 Å². The highest BCUT2D eigenvalue weighted by molar-refractivity contribution is 9.10. The second kappa shape index (κ2) is 6.48. The van der Waals surface area contributed by atoms with Crippen LogP contribution in [0.3, 0.4) is 0 Å². The highest BCUT2D eigenvalue weighted by Gasteiger charge is 2.29. The minimum absolute atomic E-state index is 0.0335. The quantitative estimate of drug-likeness (QED) is 0.640. The van der Waals surface area contributed by atoms with Crippen LogP contribution in [0.1, 0.15) is 11.1 Å². The van der Waals surface area contributed by atoms with E-state index in [1.807, 2.05) is 23.9 Å². The number of hydrogen-bond acceptors (Lipinski definition) is 3. The number of fused-ring (bicyclic) bond motifs is 1. The van der Waals surface area contributed by atoms with E-state index in [-0.39, 0.29) is 11.9 Å². The number of thioether (sulfide) groups is 1. The van der Waals surface area contributed by atoms with Gasteiger partial charge in [-0.05, 0) is 48.2 Å². The predicted octanol–water partition coefficient (Wildman–Crippen LogP) is 3.68. The first-order valence-electron chi connectivity index (χ1n) is 6.82. The lowest BCUT2D eigenvalue weighted by Crippen LogP contribution is -2.44. The fourth-order valence-electron chi connectivity index (χ4n) is 2.67. The Morgan fingerprint density at radius 3 is 2.90 bits per heavy atom. The summed E-state index contributed by atoms with van der Waals surface area (Å²) in [5, 5.41) is 0.325. The van der Waals surface area contributed by atoms with Gasteiger partial charge in [-0.15, -0.1) is 11.8 Å². The molecule has 1 aliphatic heterocycles. The summed E-state index contributed by atoms with van der Waals surface area (Å²) in [6.45, 7) is 0. The highest BCUT2D eigenvalue weighted by Crippen LogP contribution is 2.39. The van der Waals surface area contributed by atoms with Gasteiger partial charge in [-0.3, -0.25) is 11.3 Å². The van der Waals surface area contributed by atoms with Crippen LogP contribution in [-0.2, 0) is 12.8 Å². The maximum atomic E-state index is 13.9. The van der Waals surface area contributed by atoms with Crippen LogP contribution in [0.5, 0.6) is 0 Å². The molecule has 2 nitrogen and oxygen atoms in total. The van der Waals surface area contributed by atoms with Crippen LogP contribution in [0.4, 0.5) is 4.39 Å². The van der Waals surface area contributed by atoms with E-state index >= 15 is 0 Å². The van der Waals surface area contributed by atoms with Crippen molar-refractivity contribution in [1.82, 2.24) is 5.43 Å². The molecule has 0 fully saturated rings. The molecule has 2 atom stereocenters. The first-order chi connectivity index (χ1) is 10.2. The fourth-order valence-corrected chi connectivity index (χ4v) is 4.46. The molecule has 0 aromatic heterocycles. The number of halogens is 2. The van der Waals surface area contributed by atoms with Crippen LogP contribution in [-0.4, -0.2) is 11.3 Å². The average Bonchev–Trinajstić information content (AvgIpc) is 2.91. The van der Waals surface area contributed by atoms with Crippen molar-refractivity contribution in [2.75, 3.05) is 0 Å². The Labute approximate surface area is 136 Å². The van der Waals surface area contributed by atoms with E-state index in [9.17, 15) is 4.39 Å². The number of benzene rings is 2. The summed E-state index contributed by atoms with van der Waals surface area (Å²) >= 11 is 5.21. The monoisotopic (exact) mass is 366 g/mol. The molecule has 5 heteroatoms. The maximum absolute atomic E-state index is 13.9. The highest BCUT2D eigenvalue weighted by atomic mass is 79.9. The zero-order valence-corrected chi connectivity index (χ0v) is 13.8. The third-order valence-electron chi connectivity index (χ3n) is 3.78. The summed E-state index contributed by atoms with van der Waals surface area (Å²) < 4.78 is 14.8. The summed E-state index contributed by atoms with van der Waals surface area (Å²) in [6.07, 6.45) is 1.54. The molecule has 0 bridgehead atoms. The minimum Gasteiger partial charge on any atom is -0.271 e. The summed E-state index contributed by atoms with van der Waals surface area (Å²) in [7, 11) is 0. The number of hydrazine groups is 1. The lowest BCUT2D eigenvalue weighted by molar-refractivity contribution is 0.493. The molecule has 0 saturated carbocycles. The molecule has 0 saturated heterocycles. The van der Waals surface area contributed by atoms with Crippen molar-refractivity contribution in [3.8, 4) is 0 Å². The second-order valence-electron chi connectivity index (χ2n) is 5.18. The zero-order chi connectivity index (χ0) is 14.8. The molecule has 0 spiro atoms. The van der Waals surface area contributed by atoms with Crippen molar-refractivity contribution in [1.29, 1.82) is 0 Å². The van der Waals surface area contributed by atoms with Gasteiger partial charge in [0.1, 0.15) is 5.82 Å². The Balaban J connectivity index is 1.76. The lowest BCUT2D eigenvalue weighted by Gasteiger charge is -2.22.